The number of hydrogen-bond acceptors (Lipinski definition) is 6. The van der Waals surface area contributed by atoms with Crippen LogP contribution in [0.2, 0.25) is 0 Å². The van der Waals surface area contributed by atoms with Crippen LogP contribution in [0.3, 0.4) is 0 Å². The molecule has 2 heterocycles. The Balaban J connectivity index is 2.33. The van der Waals surface area contributed by atoms with E-state index in [1.54, 1.807) is 19.2 Å². The maximum absolute atomic E-state index is 5.75. The molecule has 7 heteroatoms. The van der Waals surface area contributed by atoms with Crippen LogP contribution >= 0.6 is 15.9 Å². The number of nitrogens with two attached hydrogens (primary N) is 1. The van der Waals surface area contributed by atoms with E-state index in [4.69, 9.17) is 15.2 Å². The predicted octanol–water partition coefficient (Wildman–Crippen LogP) is 2.33. The van der Waals surface area contributed by atoms with E-state index in [1.165, 1.54) is 13.3 Å². The third kappa shape index (κ3) is 2.67. The minimum absolute atomic E-state index is 0.283. The van der Waals surface area contributed by atoms with Gasteiger partial charge in [-0.2, -0.15) is 0 Å². The Morgan fingerprint density at radius 2 is 2.00 bits per heavy atom. The summed E-state index contributed by atoms with van der Waals surface area (Å²) >= 11 is 3.33. The molecule has 18 heavy (non-hydrogen) atoms. The van der Waals surface area contributed by atoms with E-state index >= 15 is 0 Å². The van der Waals surface area contributed by atoms with Crippen LogP contribution in [0.1, 0.15) is 5.82 Å². The van der Waals surface area contributed by atoms with Crippen LogP contribution in [0, 0.1) is 6.92 Å². The number of nitrogen functional groups attached to an aromatic ring is 1. The van der Waals surface area contributed by atoms with Gasteiger partial charge in [-0.15, -0.1) is 0 Å². The van der Waals surface area contributed by atoms with Crippen molar-refractivity contribution < 1.29 is 9.47 Å². The highest BCUT2D eigenvalue weighted by atomic mass is 79.9. The zero-order valence-corrected chi connectivity index (χ0v) is 11.4. The molecular formula is C11H11BrN4O2. The Hall–Kier alpha value is -1.89. The quantitative estimate of drug-likeness (QED) is 0.936. The molecular weight excluding hydrogens is 300 g/mol. The fourth-order valence-electron chi connectivity index (χ4n) is 1.27. The zero-order valence-electron chi connectivity index (χ0n) is 9.85. The number of halogens is 1. The van der Waals surface area contributed by atoms with E-state index in [2.05, 4.69) is 30.9 Å². The molecule has 0 aliphatic heterocycles. The van der Waals surface area contributed by atoms with E-state index in [9.17, 15) is 0 Å². The first-order valence-electron chi connectivity index (χ1n) is 5.06. The van der Waals surface area contributed by atoms with Crippen LogP contribution < -0.4 is 15.2 Å². The van der Waals surface area contributed by atoms with Gasteiger partial charge in [-0.05, 0) is 22.9 Å². The molecule has 0 saturated heterocycles. The van der Waals surface area contributed by atoms with Gasteiger partial charge in [0, 0.05) is 12.3 Å². The fourth-order valence-corrected chi connectivity index (χ4v) is 1.56. The smallest absolute Gasteiger partial charge is 0.216 e. The highest BCUT2D eigenvalue weighted by Crippen LogP contribution is 2.33. The SMILES string of the molecule is COc1cc(Oc2cnc(C)nc2N)c(Br)cn1. The van der Waals surface area contributed by atoms with Gasteiger partial charge in [0.25, 0.3) is 0 Å². The van der Waals surface area contributed by atoms with Gasteiger partial charge in [0.2, 0.25) is 5.88 Å². The number of pyridine rings is 1. The first-order valence-corrected chi connectivity index (χ1v) is 5.86. The van der Waals surface area contributed by atoms with Gasteiger partial charge < -0.3 is 15.2 Å². The molecule has 6 nitrogen and oxygen atoms in total. The van der Waals surface area contributed by atoms with Crippen molar-refractivity contribution in [2.75, 3.05) is 12.8 Å². The molecule has 0 bridgehead atoms. The summed E-state index contributed by atoms with van der Waals surface area (Å²) in [5.74, 6) is 2.23. The number of aryl methyl sites for hydroxylation is 1. The van der Waals surface area contributed by atoms with Gasteiger partial charge >= 0.3 is 0 Å². The average molecular weight is 311 g/mol. The average Bonchev–Trinajstić information content (AvgIpc) is 2.35. The summed E-state index contributed by atoms with van der Waals surface area (Å²) in [5.41, 5.74) is 5.75. The summed E-state index contributed by atoms with van der Waals surface area (Å²) in [6.45, 7) is 1.76. The fraction of sp³-hybridized carbons (Fsp3) is 0.182. The van der Waals surface area contributed by atoms with Gasteiger partial charge in [-0.1, -0.05) is 0 Å². The molecule has 0 aliphatic carbocycles. The monoisotopic (exact) mass is 310 g/mol. The van der Waals surface area contributed by atoms with E-state index in [0.717, 1.165) is 0 Å². The van der Waals surface area contributed by atoms with Gasteiger partial charge in [-0.3, -0.25) is 0 Å². The van der Waals surface area contributed by atoms with Crippen molar-refractivity contribution in [1.29, 1.82) is 0 Å². The molecule has 0 atom stereocenters. The van der Waals surface area contributed by atoms with Crippen molar-refractivity contribution in [1.82, 2.24) is 15.0 Å². The maximum atomic E-state index is 5.75. The summed E-state index contributed by atoms with van der Waals surface area (Å²) in [4.78, 5) is 12.1. The van der Waals surface area contributed by atoms with Crippen LogP contribution in [-0.4, -0.2) is 22.1 Å². The van der Waals surface area contributed by atoms with Crippen LogP contribution in [-0.2, 0) is 0 Å². The minimum atomic E-state index is 0.283. The number of aromatic nitrogens is 3. The Morgan fingerprint density at radius 1 is 1.22 bits per heavy atom. The highest BCUT2D eigenvalue weighted by Gasteiger charge is 2.09. The lowest BCUT2D eigenvalue weighted by atomic mass is 10.4. The Labute approximate surface area is 112 Å². The molecule has 0 spiro atoms. The molecule has 0 aromatic carbocycles. The van der Waals surface area contributed by atoms with Crippen LogP contribution in [0.15, 0.2) is 22.9 Å². The number of anilines is 1. The normalized spacial score (nSPS) is 10.2. The standard InChI is InChI=1S/C11H11BrN4O2/c1-6-14-5-9(11(13)16-6)18-8-3-10(17-2)15-4-7(8)12/h3-5H,1-2H3,(H2,13,14,16). The van der Waals surface area contributed by atoms with E-state index in [1.807, 2.05) is 0 Å². The minimum Gasteiger partial charge on any atom is -0.481 e. The number of rotatable bonds is 3. The van der Waals surface area contributed by atoms with Crippen molar-refractivity contribution in [2.45, 2.75) is 6.92 Å². The van der Waals surface area contributed by atoms with E-state index in [-0.39, 0.29) is 5.82 Å². The Bertz CT molecular complexity index is 577. The summed E-state index contributed by atoms with van der Waals surface area (Å²) in [6.07, 6.45) is 3.11. The van der Waals surface area contributed by atoms with Crippen LogP contribution in [0.5, 0.6) is 17.4 Å². The van der Waals surface area contributed by atoms with Gasteiger partial charge in [-0.25, -0.2) is 15.0 Å². The number of methoxy groups -OCH3 is 1. The Kier molecular flexibility index (Phi) is 3.61. The largest absolute Gasteiger partial charge is 0.481 e. The highest BCUT2D eigenvalue weighted by molar-refractivity contribution is 9.10. The summed E-state index contributed by atoms with van der Waals surface area (Å²) < 4.78 is 11.3. The summed E-state index contributed by atoms with van der Waals surface area (Å²) in [7, 11) is 1.53. The molecule has 2 aromatic heterocycles. The van der Waals surface area contributed by atoms with Crippen molar-refractivity contribution in [3.63, 3.8) is 0 Å². The van der Waals surface area contributed by atoms with Gasteiger partial charge in [0.1, 0.15) is 11.6 Å². The third-order valence-corrected chi connectivity index (χ3v) is 2.72. The van der Waals surface area contributed by atoms with Gasteiger partial charge in [0.05, 0.1) is 17.8 Å². The number of hydrogen-bond donors (Lipinski definition) is 1. The predicted molar refractivity (Wildman–Crippen MR) is 69.7 cm³/mol. The second-order valence-corrected chi connectivity index (χ2v) is 4.28. The van der Waals surface area contributed by atoms with Crippen LogP contribution in [0.4, 0.5) is 5.82 Å². The lowest BCUT2D eigenvalue weighted by molar-refractivity contribution is 0.391. The second-order valence-electron chi connectivity index (χ2n) is 3.43. The summed E-state index contributed by atoms with van der Waals surface area (Å²) in [6, 6.07) is 1.64. The van der Waals surface area contributed by atoms with Crippen molar-refractivity contribution in [3.8, 4) is 17.4 Å². The van der Waals surface area contributed by atoms with E-state index < -0.39 is 0 Å². The topological polar surface area (TPSA) is 83.2 Å². The number of nitrogens with zero attached hydrogens (tertiary/aromatic N) is 3. The first kappa shape index (κ1) is 12.6. The molecule has 2 N–H and O–H groups in total. The number of ether oxygens (including phenoxy) is 2. The van der Waals surface area contributed by atoms with Crippen molar-refractivity contribution in [3.05, 3.63) is 28.8 Å². The maximum Gasteiger partial charge on any atom is 0.216 e. The van der Waals surface area contributed by atoms with Crippen molar-refractivity contribution >= 4 is 21.7 Å². The van der Waals surface area contributed by atoms with Gasteiger partial charge in [0.15, 0.2) is 11.6 Å². The molecule has 0 fully saturated rings. The molecule has 0 radical (unpaired) electrons. The molecule has 94 valence electrons. The molecule has 0 saturated carbocycles. The summed E-state index contributed by atoms with van der Waals surface area (Å²) in [5, 5.41) is 0. The van der Waals surface area contributed by atoms with E-state index in [0.29, 0.717) is 27.7 Å². The zero-order chi connectivity index (χ0) is 13.1. The second kappa shape index (κ2) is 5.18. The molecule has 0 amide bonds. The third-order valence-electron chi connectivity index (χ3n) is 2.13. The molecule has 2 rings (SSSR count). The van der Waals surface area contributed by atoms with Crippen LogP contribution in [0.25, 0.3) is 0 Å². The lowest BCUT2D eigenvalue weighted by Crippen LogP contribution is -1.99. The molecule has 0 aliphatic rings. The Morgan fingerprint density at radius 3 is 2.67 bits per heavy atom. The molecule has 0 unspecified atom stereocenters. The first-order chi connectivity index (χ1) is 8.60. The molecule has 2 aromatic rings. The van der Waals surface area contributed by atoms with Crippen molar-refractivity contribution in [2.24, 2.45) is 0 Å². The lowest BCUT2D eigenvalue weighted by Gasteiger charge is -2.10.